The normalized spacial score (nSPS) is 19.0. The van der Waals surface area contributed by atoms with Crippen molar-refractivity contribution < 1.29 is 36.1 Å². The van der Waals surface area contributed by atoms with Gasteiger partial charge in [-0.25, -0.2) is 9.18 Å². The minimum atomic E-state index is -4.57. The van der Waals surface area contributed by atoms with Crippen molar-refractivity contribution in [3.05, 3.63) is 64.7 Å². The second-order valence-electron chi connectivity index (χ2n) is 9.18. The molecule has 0 amide bonds. The van der Waals surface area contributed by atoms with Crippen molar-refractivity contribution in [1.29, 1.82) is 0 Å². The maximum Gasteiger partial charge on any atom is 0.412 e. The third-order valence-corrected chi connectivity index (χ3v) is 8.25. The molecule has 0 saturated heterocycles. The molecule has 36 heavy (non-hydrogen) atoms. The quantitative estimate of drug-likeness (QED) is 0.206. The van der Waals surface area contributed by atoms with Crippen molar-refractivity contribution >= 4 is 29.8 Å². The predicted octanol–water partition coefficient (Wildman–Crippen LogP) is 7.48. The average molecular weight is 543 g/mol. The molecule has 1 heterocycles. The molecule has 1 fully saturated rings. The molecule has 1 saturated carbocycles. The lowest BCUT2D eigenvalue weighted by Crippen LogP contribution is -2.29. The van der Waals surface area contributed by atoms with Crippen LogP contribution in [0.4, 0.5) is 17.6 Å². The van der Waals surface area contributed by atoms with Crippen LogP contribution in [0, 0.1) is 12.7 Å². The summed E-state index contributed by atoms with van der Waals surface area (Å²) >= 11 is 5.35. The van der Waals surface area contributed by atoms with Gasteiger partial charge in [0.05, 0.1) is 0 Å². The summed E-state index contributed by atoms with van der Waals surface area (Å²) in [6.07, 6.45) is -1.45. The van der Waals surface area contributed by atoms with Gasteiger partial charge in [0.1, 0.15) is 11.4 Å². The van der Waals surface area contributed by atoms with Gasteiger partial charge in [0, 0.05) is 6.66 Å². The predicted molar refractivity (Wildman–Crippen MR) is 133 cm³/mol. The summed E-state index contributed by atoms with van der Waals surface area (Å²) in [5.74, 6) is -0.783. The Morgan fingerprint density at radius 1 is 1.11 bits per heavy atom. The summed E-state index contributed by atoms with van der Waals surface area (Å²) in [6, 6.07) is 9.83. The van der Waals surface area contributed by atoms with E-state index in [1.807, 2.05) is 26.0 Å². The molecule has 1 atom stereocenters. The average Bonchev–Trinajstić information content (AvgIpc) is 3.37. The van der Waals surface area contributed by atoms with Crippen LogP contribution in [0.5, 0.6) is 0 Å². The fraction of sp³-hybridized carbons (Fsp3) is 0.423. The van der Waals surface area contributed by atoms with Gasteiger partial charge in [-0.1, -0.05) is 31.2 Å². The summed E-state index contributed by atoms with van der Waals surface area (Å²) in [7, 11) is 0. The van der Waals surface area contributed by atoms with E-state index in [9.17, 15) is 22.4 Å². The van der Waals surface area contributed by atoms with Gasteiger partial charge in [0.15, 0.2) is 18.0 Å². The standard InChI is InChI=1S/C26H27F4O4PS/c1-4-17-9-12-20(18-7-10-19(27)11-8-18)16(2)21(17)22-23(25(33-24(22)31)13-5-6-14-25)34-35(3,36)32-15-26(28,29)30/h7-12H,4-6,13-15H2,1-3H3. The van der Waals surface area contributed by atoms with E-state index in [4.69, 9.17) is 25.6 Å². The van der Waals surface area contributed by atoms with Crippen molar-refractivity contribution in [2.45, 2.75) is 57.7 Å². The molecule has 0 radical (unpaired) electrons. The Labute approximate surface area is 212 Å². The number of alkyl halides is 3. The molecule has 10 heteroatoms. The van der Waals surface area contributed by atoms with E-state index >= 15 is 0 Å². The molecule has 2 aromatic rings. The Bertz CT molecular complexity index is 1250. The summed E-state index contributed by atoms with van der Waals surface area (Å²) in [4.78, 5) is 13.4. The van der Waals surface area contributed by atoms with Gasteiger partial charge >= 0.3 is 12.1 Å². The lowest BCUT2D eigenvalue weighted by Gasteiger charge is -2.29. The van der Waals surface area contributed by atoms with Crippen LogP contribution < -0.4 is 0 Å². The van der Waals surface area contributed by atoms with E-state index in [1.165, 1.54) is 18.8 Å². The number of carbonyl (C=O) groups excluding carboxylic acids is 1. The van der Waals surface area contributed by atoms with Crippen molar-refractivity contribution in [2.75, 3.05) is 13.3 Å². The van der Waals surface area contributed by atoms with E-state index in [0.717, 1.165) is 35.1 Å². The molecule has 194 valence electrons. The first-order chi connectivity index (χ1) is 16.9. The van der Waals surface area contributed by atoms with Gasteiger partial charge in [0.25, 0.3) is 0 Å². The zero-order chi connectivity index (χ0) is 26.3. The van der Waals surface area contributed by atoms with Gasteiger partial charge < -0.3 is 13.8 Å². The Morgan fingerprint density at radius 2 is 1.75 bits per heavy atom. The Balaban J connectivity index is 1.89. The smallest absolute Gasteiger partial charge is 0.412 e. The van der Waals surface area contributed by atoms with Crippen LogP contribution in [-0.4, -0.2) is 31.0 Å². The first kappa shape index (κ1) is 26.8. The highest BCUT2D eigenvalue weighted by atomic mass is 32.5. The van der Waals surface area contributed by atoms with Crippen molar-refractivity contribution in [2.24, 2.45) is 0 Å². The lowest BCUT2D eigenvalue weighted by atomic mass is 9.86. The molecule has 4 rings (SSSR count). The summed E-state index contributed by atoms with van der Waals surface area (Å²) in [5.41, 5.74) is 2.87. The minimum absolute atomic E-state index is 0.173. The van der Waals surface area contributed by atoms with Crippen LogP contribution in [0.3, 0.4) is 0 Å². The Kier molecular flexibility index (Phi) is 7.39. The number of carbonyl (C=O) groups is 1. The first-order valence-corrected chi connectivity index (χ1v) is 14.8. The van der Waals surface area contributed by atoms with Crippen molar-refractivity contribution in [3.63, 3.8) is 0 Å². The van der Waals surface area contributed by atoms with Gasteiger partial charge in [0.2, 0.25) is 6.49 Å². The van der Waals surface area contributed by atoms with Crippen LogP contribution in [0.2, 0.25) is 0 Å². The number of halogens is 4. The number of aryl methyl sites for hydroxylation is 1. The molecule has 2 aliphatic rings. The van der Waals surface area contributed by atoms with E-state index < -0.39 is 30.8 Å². The Morgan fingerprint density at radius 3 is 2.33 bits per heavy atom. The maximum absolute atomic E-state index is 13.5. The van der Waals surface area contributed by atoms with Crippen LogP contribution in [0.1, 0.15) is 49.3 Å². The summed E-state index contributed by atoms with van der Waals surface area (Å²) < 4.78 is 69.1. The SMILES string of the molecule is CCc1ccc(-c2ccc(F)cc2)c(C)c1C1=C(OP(C)(=S)OCC(F)(F)F)C2(CCCC2)OC1=O. The van der Waals surface area contributed by atoms with Crippen LogP contribution in [-0.2, 0) is 36.8 Å². The second-order valence-corrected chi connectivity index (χ2v) is 13.2. The molecule has 1 aliphatic carbocycles. The van der Waals surface area contributed by atoms with Gasteiger partial charge in [-0.3, -0.25) is 0 Å². The number of ether oxygens (including phenoxy) is 1. The molecular formula is C26H27F4O4PS. The zero-order valence-corrected chi connectivity index (χ0v) is 21.9. The van der Waals surface area contributed by atoms with E-state index in [-0.39, 0.29) is 17.1 Å². The highest BCUT2D eigenvalue weighted by Gasteiger charge is 2.53. The Hall–Kier alpha value is -2.22. The molecule has 0 bridgehead atoms. The molecule has 4 nitrogen and oxygen atoms in total. The highest BCUT2D eigenvalue weighted by Crippen LogP contribution is 2.57. The van der Waals surface area contributed by atoms with Crippen LogP contribution >= 0.6 is 6.49 Å². The van der Waals surface area contributed by atoms with Crippen molar-refractivity contribution in [1.82, 2.24) is 0 Å². The minimum Gasteiger partial charge on any atom is -0.447 e. The molecule has 0 N–H and O–H groups in total. The maximum atomic E-state index is 13.5. The third kappa shape index (κ3) is 5.38. The molecule has 2 aromatic carbocycles. The van der Waals surface area contributed by atoms with E-state index in [0.29, 0.717) is 24.8 Å². The number of rotatable bonds is 7. The number of hydrogen-bond donors (Lipinski definition) is 0. The number of benzene rings is 2. The van der Waals surface area contributed by atoms with E-state index in [1.54, 1.807) is 12.1 Å². The molecule has 0 aromatic heterocycles. The van der Waals surface area contributed by atoms with E-state index in [2.05, 4.69) is 0 Å². The molecule has 1 aliphatic heterocycles. The first-order valence-electron chi connectivity index (χ1n) is 11.7. The fourth-order valence-electron chi connectivity index (χ4n) is 4.95. The van der Waals surface area contributed by atoms with Crippen LogP contribution in [0.25, 0.3) is 16.7 Å². The lowest BCUT2D eigenvalue weighted by molar-refractivity contribution is -0.153. The third-order valence-electron chi connectivity index (χ3n) is 6.60. The van der Waals surface area contributed by atoms with Gasteiger partial charge in [-0.05, 0) is 90.8 Å². The monoisotopic (exact) mass is 542 g/mol. The topological polar surface area (TPSA) is 44.8 Å². The molecule has 1 spiro atoms. The highest BCUT2D eigenvalue weighted by molar-refractivity contribution is 8.09. The number of hydrogen-bond acceptors (Lipinski definition) is 5. The number of esters is 1. The van der Waals surface area contributed by atoms with Crippen molar-refractivity contribution in [3.8, 4) is 11.1 Å². The molecular weight excluding hydrogens is 515 g/mol. The van der Waals surface area contributed by atoms with Gasteiger partial charge in [-0.2, -0.15) is 13.2 Å². The summed E-state index contributed by atoms with van der Waals surface area (Å²) in [6.45, 7) is 0.153. The molecule has 1 unspecified atom stereocenters. The fourth-order valence-corrected chi connectivity index (χ4v) is 6.35. The second kappa shape index (κ2) is 9.92. The summed E-state index contributed by atoms with van der Waals surface area (Å²) in [5, 5.41) is 0. The van der Waals surface area contributed by atoms with Gasteiger partial charge in [-0.15, -0.1) is 0 Å². The zero-order valence-electron chi connectivity index (χ0n) is 20.2. The largest absolute Gasteiger partial charge is 0.447 e. The van der Waals surface area contributed by atoms with Crippen LogP contribution in [0.15, 0.2) is 42.2 Å².